The van der Waals surface area contributed by atoms with Gasteiger partial charge >= 0.3 is 0 Å². The standard InChI is InChI=1S/C12H16N2O4/c1-13-14-12(15)8-16-7-9-2-3-10-11(6-9)18-5-4-17-10/h2-3,6,13H,4-5,7-8H2,1H3,(H,14,15). The molecule has 0 saturated carbocycles. The SMILES string of the molecule is CNNC(=O)COCc1ccc2c(c1)OCCO2. The lowest BCUT2D eigenvalue weighted by Crippen LogP contribution is -2.36. The summed E-state index contributed by atoms with van der Waals surface area (Å²) >= 11 is 0. The van der Waals surface area contributed by atoms with Gasteiger partial charge in [0.2, 0.25) is 0 Å². The lowest BCUT2D eigenvalue weighted by Gasteiger charge is -2.18. The second-order valence-electron chi connectivity index (χ2n) is 3.77. The van der Waals surface area contributed by atoms with Crippen LogP contribution in [0.25, 0.3) is 0 Å². The Labute approximate surface area is 105 Å². The highest BCUT2D eigenvalue weighted by atomic mass is 16.6. The van der Waals surface area contributed by atoms with E-state index in [-0.39, 0.29) is 12.5 Å². The van der Waals surface area contributed by atoms with E-state index in [0.717, 1.165) is 17.1 Å². The molecule has 0 aromatic heterocycles. The van der Waals surface area contributed by atoms with Crippen molar-refractivity contribution in [3.63, 3.8) is 0 Å². The van der Waals surface area contributed by atoms with E-state index < -0.39 is 0 Å². The largest absolute Gasteiger partial charge is 0.486 e. The number of benzene rings is 1. The maximum absolute atomic E-state index is 11.1. The summed E-state index contributed by atoms with van der Waals surface area (Å²) in [6.07, 6.45) is 0. The summed E-state index contributed by atoms with van der Waals surface area (Å²) in [5.41, 5.74) is 5.91. The maximum atomic E-state index is 11.1. The van der Waals surface area contributed by atoms with Crippen LogP contribution in [0.15, 0.2) is 18.2 Å². The van der Waals surface area contributed by atoms with E-state index in [4.69, 9.17) is 14.2 Å². The number of carbonyl (C=O) groups excluding carboxylic acids is 1. The quantitative estimate of drug-likeness (QED) is 0.734. The zero-order valence-corrected chi connectivity index (χ0v) is 10.2. The Balaban J connectivity index is 1.84. The summed E-state index contributed by atoms with van der Waals surface area (Å²) in [6, 6.07) is 5.61. The highest BCUT2D eigenvalue weighted by Gasteiger charge is 2.11. The number of fused-ring (bicyclic) bond motifs is 1. The molecular formula is C12H16N2O4. The van der Waals surface area contributed by atoms with E-state index in [1.165, 1.54) is 0 Å². The van der Waals surface area contributed by atoms with Gasteiger partial charge in [-0.3, -0.25) is 10.2 Å². The van der Waals surface area contributed by atoms with Crippen molar-refractivity contribution >= 4 is 5.91 Å². The Bertz CT molecular complexity index is 423. The molecule has 0 bridgehead atoms. The molecule has 0 spiro atoms. The Kier molecular flexibility index (Phi) is 4.38. The van der Waals surface area contributed by atoms with Crippen molar-refractivity contribution in [2.45, 2.75) is 6.61 Å². The molecule has 0 saturated heterocycles. The fraction of sp³-hybridized carbons (Fsp3) is 0.417. The third-order valence-corrected chi connectivity index (χ3v) is 2.37. The summed E-state index contributed by atoms with van der Waals surface area (Å²) in [4.78, 5) is 11.1. The first kappa shape index (κ1) is 12.7. The van der Waals surface area contributed by atoms with Crippen molar-refractivity contribution in [3.8, 4) is 11.5 Å². The molecule has 0 aliphatic carbocycles. The van der Waals surface area contributed by atoms with Crippen molar-refractivity contribution in [1.29, 1.82) is 0 Å². The third-order valence-electron chi connectivity index (χ3n) is 2.37. The van der Waals surface area contributed by atoms with Crippen LogP contribution in [0.1, 0.15) is 5.56 Å². The minimum absolute atomic E-state index is 0.00921. The van der Waals surface area contributed by atoms with Gasteiger partial charge in [0, 0.05) is 7.05 Å². The number of nitrogens with one attached hydrogen (secondary N) is 2. The van der Waals surface area contributed by atoms with Crippen molar-refractivity contribution in [3.05, 3.63) is 23.8 Å². The first-order valence-electron chi connectivity index (χ1n) is 5.71. The average Bonchev–Trinajstić information content (AvgIpc) is 2.39. The third kappa shape index (κ3) is 3.35. The Morgan fingerprint density at radius 3 is 2.89 bits per heavy atom. The lowest BCUT2D eigenvalue weighted by molar-refractivity contribution is -0.126. The van der Waals surface area contributed by atoms with Gasteiger partial charge in [-0.05, 0) is 17.7 Å². The Hall–Kier alpha value is -1.79. The van der Waals surface area contributed by atoms with E-state index in [9.17, 15) is 4.79 Å². The molecule has 0 fully saturated rings. The Morgan fingerprint density at radius 1 is 1.33 bits per heavy atom. The number of hydrazine groups is 1. The zero-order chi connectivity index (χ0) is 12.8. The summed E-state index contributed by atoms with van der Waals surface area (Å²) < 4.78 is 16.2. The molecule has 1 aromatic carbocycles. The summed E-state index contributed by atoms with van der Waals surface area (Å²) in [7, 11) is 1.62. The molecule has 1 amide bonds. The molecule has 98 valence electrons. The highest BCUT2D eigenvalue weighted by Crippen LogP contribution is 2.30. The molecule has 0 unspecified atom stereocenters. The average molecular weight is 252 g/mol. The van der Waals surface area contributed by atoms with Crippen LogP contribution in [0.2, 0.25) is 0 Å². The van der Waals surface area contributed by atoms with Gasteiger partial charge in [0.05, 0.1) is 6.61 Å². The van der Waals surface area contributed by atoms with Gasteiger partial charge in [0.1, 0.15) is 19.8 Å². The maximum Gasteiger partial charge on any atom is 0.260 e. The molecule has 1 aliphatic rings. The molecule has 6 heteroatoms. The normalized spacial score (nSPS) is 13.2. The van der Waals surface area contributed by atoms with Crippen molar-refractivity contribution in [1.82, 2.24) is 10.9 Å². The second-order valence-corrected chi connectivity index (χ2v) is 3.77. The molecule has 1 aliphatic heterocycles. The molecule has 18 heavy (non-hydrogen) atoms. The summed E-state index contributed by atoms with van der Waals surface area (Å²) in [5, 5.41) is 0. The van der Waals surface area contributed by atoms with Gasteiger partial charge in [0.15, 0.2) is 11.5 Å². The van der Waals surface area contributed by atoms with E-state index >= 15 is 0 Å². The molecule has 0 atom stereocenters. The van der Waals surface area contributed by atoms with Crippen LogP contribution in [-0.4, -0.2) is 32.8 Å². The topological polar surface area (TPSA) is 68.8 Å². The van der Waals surface area contributed by atoms with Gasteiger partial charge in [-0.25, -0.2) is 5.43 Å². The number of carbonyl (C=O) groups is 1. The molecule has 1 aromatic rings. The van der Waals surface area contributed by atoms with Gasteiger partial charge in [-0.2, -0.15) is 0 Å². The van der Waals surface area contributed by atoms with Gasteiger partial charge in [0.25, 0.3) is 5.91 Å². The first-order chi connectivity index (χ1) is 8.79. The van der Waals surface area contributed by atoms with Crippen LogP contribution in [0.4, 0.5) is 0 Å². The van der Waals surface area contributed by atoms with Crippen LogP contribution in [0.3, 0.4) is 0 Å². The number of hydrogen-bond donors (Lipinski definition) is 2. The van der Waals surface area contributed by atoms with Crippen LogP contribution < -0.4 is 20.3 Å². The summed E-state index contributed by atoms with van der Waals surface area (Å²) in [6.45, 7) is 1.50. The van der Waals surface area contributed by atoms with Crippen molar-refractivity contribution < 1.29 is 19.0 Å². The van der Waals surface area contributed by atoms with Crippen molar-refractivity contribution in [2.75, 3.05) is 26.9 Å². The van der Waals surface area contributed by atoms with Crippen LogP contribution >= 0.6 is 0 Å². The molecular weight excluding hydrogens is 236 g/mol. The van der Waals surface area contributed by atoms with Crippen molar-refractivity contribution in [2.24, 2.45) is 0 Å². The fourth-order valence-corrected chi connectivity index (χ4v) is 1.61. The van der Waals surface area contributed by atoms with E-state index in [1.807, 2.05) is 18.2 Å². The second kappa shape index (κ2) is 6.23. The molecule has 2 N–H and O–H groups in total. The number of ether oxygens (including phenoxy) is 3. The fourth-order valence-electron chi connectivity index (χ4n) is 1.61. The molecule has 2 rings (SSSR count). The number of amides is 1. The first-order valence-corrected chi connectivity index (χ1v) is 5.71. The van der Waals surface area contributed by atoms with E-state index in [0.29, 0.717) is 19.8 Å². The predicted octanol–water partition coefficient (Wildman–Crippen LogP) is 0.225. The monoisotopic (exact) mass is 252 g/mol. The zero-order valence-electron chi connectivity index (χ0n) is 10.2. The van der Waals surface area contributed by atoms with Gasteiger partial charge in [-0.1, -0.05) is 6.07 Å². The molecule has 6 nitrogen and oxygen atoms in total. The lowest BCUT2D eigenvalue weighted by atomic mass is 10.2. The minimum Gasteiger partial charge on any atom is -0.486 e. The Morgan fingerprint density at radius 2 is 2.11 bits per heavy atom. The number of hydrogen-bond acceptors (Lipinski definition) is 5. The van der Waals surface area contributed by atoms with Crippen LogP contribution in [-0.2, 0) is 16.1 Å². The minimum atomic E-state index is -0.213. The van der Waals surface area contributed by atoms with Gasteiger partial charge < -0.3 is 14.2 Å². The van der Waals surface area contributed by atoms with E-state index in [1.54, 1.807) is 7.05 Å². The van der Waals surface area contributed by atoms with E-state index in [2.05, 4.69) is 10.9 Å². The highest BCUT2D eigenvalue weighted by molar-refractivity contribution is 5.76. The molecule has 0 radical (unpaired) electrons. The smallest absolute Gasteiger partial charge is 0.260 e. The molecule has 1 heterocycles. The van der Waals surface area contributed by atoms with Crippen LogP contribution in [0.5, 0.6) is 11.5 Å². The number of rotatable bonds is 5. The van der Waals surface area contributed by atoms with Crippen LogP contribution in [0, 0.1) is 0 Å². The summed E-state index contributed by atoms with van der Waals surface area (Å²) in [5.74, 6) is 1.26. The predicted molar refractivity (Wildman–Crippen MR) is 64.3 cm³/mol. The van der Waals surface area contributed by atoms with Gasteiger partial charge in [-0.15, -0.1) is 0 Å².